The molecular formula is C18H17N3O4S. The van der Waals surface area contributed by atoms with Gasteiger partial charge in [-0.1, -0.05) is 0 Å². The van der Waals surface area contributed by atoms with Crippen molar-refractivity contribution in [2.75, 3.05) is 31.6 Å². The van der Waals surface area contributed by atoms with Crippen LogP contribution in [0.15, 0.2) is 53.4 Å². The summed E-state index contributed by atoms with van der Waals surface area (Å²) in [6.07, 6.45) is 0. The molecule has 0 saturated carbocycles. The van der Waals surface area contributed by atoms with E-state index >= 15 is 0 Å². The number of hydrogen-bond donors (Lipinski definition) is 1. The van der Waals surface area contributed by atoms with Crippen molar-refractivity contribution in [1.29, 1.82) is 5.26 Å². The summed E-state index contributed by atoms with van der Waals surface area (Å²) in [5.74, 6) is -0.335. The summed E-state index contributed by atoms with van der Waals surface area (Å²) in [5, 5.41) is 11.5. The zero-order valence-corrected chi connectivity index (χ0v) is 14.7. The minimum atomic E-state index is -3.56. The molecule has 1 N–H and O–H groups in total. The molecule has 1 saturated heterocycles. The second-order valence-corrected chi connectivity index (χ2v) is 7.62. The molecule has 1 fully saturated rings. The molecule has 1 aliphatic heterocycles. The predicted octanol–water partition coefficient (Wildman–Crippen LogP) is 1.83. The number of benzene rings is 2. The highest BCUT2D eigenvalue weighted by Gasteiger charge is 2.26. The number of sulfonamides is 1. The molecule has 134 valence electrons. The molecule has 0 radical (unpaired) electrons. The molecule has 0 aromatic heterocycles. The van der Waals surface area contributed by atoms with Crippen molar-refractivity contribution < 1.29 is 17.9 Å². The molecule has 1 heterocycles. The molecule has 0 aliphatic carbocycles. The van der Waals surface area contributed by atoms with Crippen LogP contribution in [-0.4, -0.2) is 44.9 Å². The zero-order valence-electron chi connectivity index (χ0n) is 13.9. The number of nitrogens with zero attached hydrogens (tertiary/aromatic N) is 2. The quantitative estimate of drug-likeness (QED) is 0.884. The van der Waals surface area contributed by atoms with Crippen molar-refractivity contribution in [3.8, 4) is 6.07 Å². The van der Waals surface area contributed by atoms with Gasteiger partial charge in [0.1, 0.15) is 0 Å². The number of nitrogens with one attached hydrogen (secondary N) is 1. The van der Waals surface area contributed by atoms with Gasteiger partial charge in [0.15, 0.2) is 0 Å². The van der Waals surface area contributed by atoms with E-state index in [4.69, 9.17) is 10.00 Å². The summed E-state index contributed by atoms with van der Waals surface area (Å²) in [5.41, 5.74) is 1.37. The predicted molar refractivity (Wildman–Crippen MR) is 95.1 cm³/mol. The number of carbonyl (C=O) groups is 1. The van der Waals surface area contributed by atoms with Crippen LogP contribution < -0.4 is 5.32 Å². The topological polar surface area (TPSA) is 99.5 Å². The maximum Gasteiger partial charge on any atom is 0.255 e. The first-order chi connectivity index (χ1) is 12.5. The van der Waals surface area contributed by atoms with Gasteiger partial charge in [0.05, 0.1) is 29.7 Å². The lowest BCUT2D eigenvalue weighted by Gasteiger charge is -2.26. The zero-order chi connectivity index (χ0) is 18.6. The average molecular weight is 371 g/mol. The van der Waals surface area contributed by atoms with E-state index in [0.717, 1.165) is 0 Å². The summed E-state index contributed by atoms with van der Waals surface area (Å²) >= 11 is 0. The maximum absolute atomic E-state index is 12.6. The van der Waals surface area contributed by atoms with Gasteiger partial charge in [-0.05, 0) is 48.5 Å². The fourth-order valence-electron chi connectivity index (χ4n) is 2.55. The second-order valence-electron chi connectivity index (χ2n) is 5.68. The molecule has 0 spiro atoms. The molecule has 2 aromatic rings. The van der Waals surface area contributed by atoms with Crippen LogP contribution >= 0.6 is 0 Å². The van der Waals surface area contributed by atoms with E-state index in [-0.39, 0.29) is 10.8 Å². The van der Waals surface area contributed by atoms with Gasteiger partial charge >= 0.3 is 0 Å². The van der Waals surface area contributed by atoms with Crippen molar-refractivity contribution in [2.24, 2.45) is 0 Å². The van der Waals surface area contributed by atoms with Crippen LogP contribution in [0.1, 0.15) is 15.9 Å². The lowest BCUT2D eigenvalue weighted by molar-refractivity contribution is 0.0730. The van der Waals surface area contributed by atoms with Crippen LogP contribution in [0.25, 0.3) is 0 Å². The van der Waals surface area contributed by atoms with E-state index in [1.807, 2.05) is 6.07 Å². The van der Waals surface area contributed by atoms with Crippen LogP contribution in [0.4, 0.5) is 5.69 Å². The molecule has 2 aromatic carbocycles. The van der Waals surface area contributed by atoms with E-state index in [9.17, 15) is 13.2 Å². The Balaban J connectivity index is 1.71. The van der Waals surface area contributed by atoms with Crippen molar-refractivity contribution in [3.05, 3.63) is 59.7 Å². The van der Waals surface area contributed by atoms with E-state index in [1.165, 1.54) is 16.4 Å². The van der Waals surface area contributed by atoms with Crippen LogP contribution in [0.2, 0.25) is 0 Å². The number of carbonyl (C=O) groups excluding carboxylic acids is 1. The van der Waals surface area contributed by atoms with Crippen molar-refractivity contribution in [2.45, 2.75) is 4.90 Å². The van der Waals surface area contributed by atoms with E-state index in [0.29, 0.717) is 43.1 Å². The number of amides is 1. The van der Waals surface area contributed by atoms with Gasteiger partial charge in [-0.25, -0.2) is 8.42 Å². The summed E-state index contributed by atoms with van der Waals surface area (Å²) in [6, 6.07) is 14.3. The number of ether oxygens (including phenoxy) is 1. The molecule has 1 amide bonds. The molecule has 1 aliphatic rings. The normalized spacial score (nSPS) is 15.2. The highest BCUT2D eigenvalue weighted by Crippen LogP contribution is 2.20. The summed E-state index contributed by atoms with van der Waals surface area (Å²) in [7, 11) is -3.56. The molecule has 0 bridgehead atoms. The SMILES string of the molecule is N#Cc1ccc(C(=O)Nc2ccc(S(=O)(=O)N3CCOCC3)cc2)cc1. The third kappa shape index (κ3) is 3.91. The minimum absolute atomic E-state index is 0.177. The number of morpholine rings is 1. The summed E-state index contributed by atoms with van der Waals surface area (Å²) < 4.78 is 31.7. The average Bonchev–Trinajstić information content (AvgIpc) is 2.69. The Bertz CT molecular complexity index is 926. The number of anilines is 1. The minimum Gasteiger partial charge on any atom is -0.379 e. The molecule has 26 heavy (non-hydrogen) atoms. The number of nitriles is 1. The Hall–Kier alpha value is -2.73. The van der Waals surface area contributed by atoms with E-state index < -0.39 is 10.0 Å². The van der Waals surface area contributed by atoms with Gasteiger partial charge in [-0.2, -0.15) is 9.57 Å². The third-order valence-electron chi connectivity index (χ3n) is 4.00. The van der Waals surface area contributed by atoms with Gasteiger partial charge in [0.2, 0.25) is 10.0 Å². The van der Waals surface area contributed by atoms with E-state index in [1.54, 1.807) is 36.4 Å². The molecule has 0 unspecified atom stereocenters. The molecule has 0 atom stereocenters. The number of rotatable bonds is 4. The maximum atomic E-state index is 12.6. The fraction of sp³-hybridized carbons (Fsp3) is 0.222. The van der Waals surface area contributed by atoms with Gasteiger partial charge in [-0.3, -0.25) is 4.79 Å². The highest BCUT2D eigenvalue weighted by molar-refractivity contribution is 7.89. The largest absolute Gasteiger partial charge is 0.379 e. The number of hydrogen-bond acceptors (Lipinski definition) is 5. The lowest BCUT2D eigenvalue weighted by atomic mass is 10.1. The Morgan fingerprint density at radius 3 is 2.23 bits per heavy atom. The Morgan fingerprint density at radius 2 is 1.65 bits per heavy atom. The lowest BCUT2D eigenvalue weighted by Crippen LogP contribution is -2.40. The van der Waals surface area contributed by atoms with Crippen LogP contribution in [-0.2, 0) is 14.8 Å². The fourth-order valence-corrected chi connectivity index (χ4v) is 3.95. The summed E-state index contributed by atoms with van der Waals surface area (Å²) in [6.45, 7) is 1.44. The van der Waals surface area contributed by atoms with Crippen molar-refractivity contribution >= 4 is 21.6 Å². The first-order valence-corrected chi connectivity index (χ1v) is 9.44. The molecule has 7 nitrogen and oxygen atoms in total. The van der Waals surface area contributed by atoms with Gasteiger partial charge in [0.25, 0.3) is 5.91 Å². The van der Waals surface area contributed by atoms with Gasteiger partial charge in [0, 0.05) is 24.3 Å². The highest BCUT2D eigenvalue weighted by atomic mass is 32.2. The van der Waals surface area contributed by atoms with E-state index in [2.05, 4.69) is 5.32 Å². The molecule has 8 heteroatoms. The smallest absolute Gasteiger partial charge is 0.255 e. The summed E-state index contributed by atoms with van der Waals surface area (Å²) in [4.78, 5) is 12.4. The van der Waals surface area contributed by atoms with Crippen LogP contribution in [0, 0.1) is 11.3 Å². The van der Waals surface area contributed by atoms with Crippen LogP contribution in [0.5, 0.6) is 0 Å². The Labute approximate surface area is 151 Å². The molecule has 3 rings (SSSR count). The van der Waals surface area contributed by atoms with Crippen molar-refractivity contribution in [1.82, 2.24) is 4.31 Å². The van der Waals surface area contributed by atoms with Gasteiger partial charge in [-0.15, -0.1) is 0 Å². The monoisotopic (exact) mass is 371 g/mol. The standard InChI is InChI=1S/C18H17N3O4S/c19-13-14-1-3-15(4-2-14)18(22)20-16-5-7-17(8-6-16)26(23,24)21-9-11-25-12-10-21/h1-8H,9-12H2,(H,20,22). The van der Waals surface area contributed by atoms with Crippen molar-refractivity contribution in [3.63, 3.8) is 0 Å². The first-order valence-electron chi connectivity index (χ1n) is 8.00. The molecular weight excluding hydrogens is 354 g/mol. The van der Waals surface area contributed by atoms with Crippen LogP contribution in [0.3, 0.4) is 0 Å². The Kier molecular flexibility index (Phi) is 5.32. The second kappa shape index (κ2) is 7.66. The third-order valence-corrected chi connectivity index (χ3v) is 5.91. The Morgan fingerprint density at radius 1 is 1.04 bits per heavy atom. The van der Waals surface area contributed by atoms with Gasteiger partial charge < -0.3 is 10.1 Å². The first kappa shape index (κ1) is 18.1.